The third kappa shape index (κ3) is 3.15. The predicted molar refractivity (Wildman–Crippen MR) is 84.0 cm³/mol. The van der Waals surface area contributed by atoms with Crippen LogP contribution < -0.4 is 5.43 Å². The van der Waals surface area contributed by atoms with E-state index in [9.17, 15) is 18.7 Å². The van der Waals surface area contributed by atoms with Gasteiger partial charge in [0.1, 0.15) is 11.3 Å². The minimum atomic E-state index is -2.62. The molecule has 0 aliphatic heterocycles. The first-order chi connectivity index (χ1) is 10.8. The molecule has 0 saturated heterocycles. The van der Waals surface area contributed by atoms with Gasteiger partial charge < -0.3 is 9.52 Å². The van der Waals surface area contributed by atoms with Crippen molar-refractivity contribution in [2.24, 2.45) is 0 Å². The number of hydrogen-bond donors (Lipinski definition) is 1. The van der Waals surface area contributed by atoms with Crippen molar-refractivity contribution in [3.8, 4) is 0 Å². The Morgan fingerprint density at radius 2 is 1.91 bits per heavy atom. The van der Waals surface area contributed by atoms with E-state index < -0.39 is 12.0 Å². The first kappa shape index (κ1) is 16.1. The van der Waals surface area contributed by atoms with E-state index in [-0.39, 0.29) is 24.2 Å². The minimum absolute atomic E-state index is 0.171. The molecule has 1 aromatic heterocycles. The largest absolute Gasteiger partial charge is 0.460 e. The van der Waals surface area contributed by atoms with Gasteiger partial charge in [0.25, 0.3) is 0 Å². The van der Waals surface area contributed by atoms with E-state index >= 15 is 0 Å². The second kappa shape index (κ2) is 5.71. The lowest BCUT2D eigenvalue weighted by Crippen LogP contribution is -2.24. The second-order valence-electron chi connectivity index (χ2n) is 6.55. The molecule has 5 heteroatoms. The molecular weight excluding hydrogens is 302 g/mol. The number of aliphatic hydroxyl groups is 1. The Hall–Kier alpha value is -1.75. The van der Waals surface area contributed by atoms with Crippen molar-refractivity contribution < 1.29 is 18.3 Å². The van der Waals surface area contributed by atoms with Gasteiger partial charge in [-0.2, -0.15) is 0 Å². The number of alkyl halides is 2. The summed E-state index contributed by atoms with van der Waals surface area (Å²) >= 11 is 0. The van der Waals surface area contributed by atoms with Crippen LogP contribution in [0.2, 0.25) is 0 Å². The van der Waals surface area contributed by atoms with Crippen LogP contribution in [0.5, 0.6) is 0 Å². The number of aryl methyl sites for hydroxylation is 1. The van der Waals surface area contributed by atoms with Gasteiger partial charge in [-0.05, 0) is 44.4 Å². The minimum Gasteiger partial charge on any atom is -0.460 e. The molecule has 1 N–H and O–H groups in total. The summed E-state index contributed by atoms with van der Waals surface area (Å²) in [6.07, 6.45) is -0.534. The first-order valence-corrected chi connectivity index (χ1v) is 7.91. The monoisotopic (exact) mass is 322 g/mol. The van der Waals surface area contributed by atoms with Gasteiger partial charge in [0.2, 0.25) is 5.92 Å². The van der Waals surface area contributed by atoms with E-state index in [4.69, 9.17) is 4.42 Å². The summed E-state index contributed by atoms with van der Waals surface area (Å²) in [5.41, 5.74) is 1.60. The highest BCUT2D eigenvalue weighted by atomic mass is 19.3. The Morgan fingerprint density at radius 1 is 1.26 bits per heavy atom. The summed E-state index contributed by atoms with van der Waals surface area (Å²) in [4.78, 5) is 12.4. The molecule has 1 heterocycles. The molecule has 0 radical (unpaired) electrons. The highest BCUT2D eigenvalue weighted by molar-refractivity contribution is 5.81. The van der Waals surface area contributed by atoms with Crippen molar-refractivity contribution in [3.63, 3.8) is 0 Å². The highest BCUT2D eigenvalue weighted by Crippen LogP contribution is 2.41. The van der Waals surface area contributed by atoms with E-state index in [0.717, 1.165) is 5.56 Å². The quantitative estimate of drug-likeness (QED) is 0.889. The molecule has 0 amide bonds. The van der Waals surface area contributed by atoms with Crippen LogP contribution in [0.4, 0.5) is 8.78 Å². The predicted octanol–water partition coefficient (Wildman–Crippen LogP) is 4.45. The van der Waals surface area contributed by atoms with Crippen molar-refractivity contribution >= 4 is 11.0 Å². The Kier molecular flexibility index (Phi) is 4.00. The summed E-state index contributed by atoms with van der Waals surface area (Å²) in [7, 11) is 0. The SMILES string of the molecule is Cc1cc(C(C)O)c2oc(C3CCC(F)(F)CC3)cc(=O)c2c1. The first-order valence-electron chi connectivity index (χ1n) is 7.91. The Bertz CT molecular complexity index is 783. The number of hydrogen-bond acceptors (Lipinski definition) is 3. The molecule has 23 heavy (non-hydrogen) atoms. The van der Waals surface area contributed by atoms with Gasteiger partial charge >= 0.3 is 0 Å². The molecule has 0 bridgehead atoms. The van der Waals surface area contributed by atoms with Crippen LogP contribution in [-0.4, -0.2) is 11.0 Å². The molecule has 124 valence electrons. The molecule has 3 rings (SSSR count). The van der Waals surface area contributed by atoms with Gasteiger partial charge in [-0.25, -0.2) is 8.78 Å². The summed E-state index contributed by atoms with van der Waals surface area (Å²) in [5.74, 6) is -2.34. The van der Waals surface area contributed by atoms with E-state index in [0.29, 0.717) is 35.1 Å². The molecule has 1 aliphatic carbocycles. The summed E-state index contributed by atoms with van der Waals surface area (Å²) in [5, 5.41) is 10.4. The van der Waals surface area contributed by atoms with Crippen LogP contribution in [0.1, 0.15) is 61.5 Å². The fraction of sp³-hybridized carbons (Fsp3) is 0.500. The van der Waals surface area contributed by atoms with Crippen molar-refractivity contribution in [2.45, 2.75) is 57.5 Å². The molecule has 2 aromatic rings. The summed E-state index contributed by atoms with van der Waals surface area (Å²) in [6.45, 7) is 3.46. The molecule has 3 nitrogen and oxygen atoms in total. The van der Waals surface area contributed by atoms with Gasteiger partial charge in [-0.3, -0.25) is 4.79 Å². The van der Waals surface area contributed by atoms with Gasteiger partial charge in [-0.15, -0.1) is 0 Å². The Labute approximate surface area is 132 Å². The van der Waals surface area contributed by atoms with Gasteiger partial charge in [0.15, 0.2) is 5.43 Å². The molecule has 1 aromatic carbocycles. The molecule has 1 saturated carbocycles. The zero-order valence-electron chi connectivity index (χ0n) is 13.2. The van der Waals surface area contributed by atoms with Crippen LogP contribution in [0.15, 0.2) is 27.4 Å². The van der Waals surface area contributed by atoms with Gasteiger partial charge in [-0.1, -0.05) is 0 Å². The topological polar surface area (TPSA) is 50.4 Å². The second-order valence-corrected chi connectivity index (χ2v) is 6.55. The average Bonchev–Trinajstić information content (AvgIpc) is 2.47. The summed E-state index contributed by atoms with van der Waals surface area (Å²) in [6, 6.07) is 4.93. The standard InChI is InChI=1S/C18H20F2O3/c1-10-7-13(11(2)21)17-14(8-10)15(22)9-16(23-17)12-3-5-18(19,20)6-4-12/h7-9,11-12,21H,3-6H2,1-2H3. The zero-order valence-corrected chi connectivity index (χ0v) is 13.2. The molecule has 1 atom stereocenters. The van der Waals surface area contributed by atoms with Gasteiger partial charge in [0.05, 0.1) is 11.5 Å². The van der Waals surface area contributed by atoms with Crippen molar-refractivity contribution in [3.05, 3.63) is 45.3 Å². The third-order valence-electron chi connectivity index (χ3n) is 4.59. The fourth-order valence-corrected chi connectivity index (χ4v) is 3.29. The van der Waals surface area contributed by atoms with Crippen LogP contribution in [0, 0.1) is 6.92 Å². The van der Waals surface area contributed by atoms with Crippen LogP contribution >= 0.6 is 0 Å². The van der Waals surface area contributed by atoms with Crippen LogP contribution in [-0.2, 0) is 0 Å². The lowest BCUT2D eigenvalue weighted by Gasteiger charge is -2.27. The van der Waals surface area contributed by atoms with Crippen molar-refractivity contribution in [1.82, 2.24) is 0 Å². The smallest absolute Gasteiger partial charge is 0.248 e. The van der Waals surface area contributed by atoms with E-state index in [1.165, 1.54) is 6.07 Å². The molecule has 1 aliphatic rings. The van der Waals surface area contributed by atoms with Crippen molar-refractivity contribution in [1.29, 1.82) is 0 Å². The zero-order chi connectivity index (χ0) is 16.8. The lowest BCUT2D eigenvalue weighted by molar-refractivity contribution is -0.0395. The summed E-state index contributed by atoms with van der Waals surface area (Å²) < 4.78 is 32.5. The maximum absolute atomic E-state index is 13.3. The van der Waals surface area contributed by atoms with Crippen LogP contribution in [0.3, 0.4) is 0 Å². The van der Waals surface area contributed by atoms with E-state index in [1.807, 2.05) is 6.92 Å². The lowest BCUT2D eigenvalue weighted by atomic mass is 9.85. The molecule has 1 unspecified atom stereocenters. The Morgan fingerprint density at radius 3 is 2.52 bits per heavy atom. The van der Waals surface area contributed by atoms with E-state index in [2.05, 4.69) is 0 Å². The maximum Gasteiger partial charge on any atom is 0.248 e. The Balaban J connectivity index is 2.09. The van der Waals surface area contributed by atoms with Gasteiger partial charge in [0, 0.05) is 30.4 Å². The molecule has 1 fully saturated rings. The number of aliphatic hydroxyl groups excluding tert-OH is 1. The highest BCUT2D eigenvalue weighted by Gasteiger charge is 2.36. The average molecular weight is 322 g/mol. The normalized spacial score (nSPS) is 19.9. The maximum atomic E-state index is 13.3. The van der Waals surface area contributed by atoms with Crippen LogP contribution in [0.25, 0.3) is 11.0 Å². The number of halogens is 2. The molecular formula is C18H20F2O3. The van der Waals surface area contributed by atoms with Crippen molar-refractivity contribution in [2.75, 3.05) is 0 Å². The molecule has 0 spiro atoms. The number of benzene rings is 1. The fourth-order valence-electron chi connectivity index (χ4n) is 3.29. The number of fused-ring (bicyclic) bond motifs is 1. The van der Waals surface area contributed by atoms with E-state index in [1.54, 1.807) is 19.1 Å². The third-order valence-corrected chi connectivity index (χ3v) is 4.59. The number of rotatable bonds is 2.